The van der Waals surface area contributed by atoms with Gasteiger partial charge in [-0.1, -0.05) is 30.3 Å². The van der Waals surface area contributed by atoms with Crippen LogP contribution >= 0.6 is 23.1 Å². The Morgan fingerprint density at radius 1 is 1.22 bits per heavy atom. The SMILES string of the molecule is Cc1c(C#Cc2cncn2C)sc2c1SC[C@H](NC(=O)c1nnc(Cc3ccccc3)[nH]1)C(=O)N2C. The number of carbonyl (C=O) groups is 2. The number of hydrogen-bond acceptors (Lipinski definition) is 7. The molecule has 0 radical (unpaired) electrons. The molecule has 4 aromatic rings. The number of amides is 2. The quantitative estimate of drug-likeness (QED) is 0.403. The molecule has 0 saturated heterocycles. The summed E-state index contributed by atoms with van der Waals surface area (Å²) in [4.78, 5) is 36.7. The number of rotatable bonds is 4. The molecular formula is C25H23N7O2S2. The second-order valence-electron chi connectivity index (χ2n) is 8.35. The topological polar surface area (TPSA) is 109 Å². The number of aryl methyl sites for hydroxylation is 1. The maximum atomic E-state index is 13.2. The lowest BCUT2D eigenvalue weighted by Gasteiger charge is -2.20. The van der Waals surface area contributed by atoms with Gasteiger partial charge in [-0.05, 0) is 29.9 Å². The van der Waals surface area contributed by atoms with E-state index in [1.54, 1.807) is 36.2 Å². The number of aromatic nitrogens is 5. The van der Waals surface area contributed by atoms with Gasteiger partial charge in [0.15, 0.2) is 0 Å². The monoisotopic (exact) mass is 517 g/mol. The van der Waals surface area contributed by atoms with Gasteiger partial charge in [0.05, 0.1) is 17.4 Å². The van der Waals surface area contributed by atoms with E-state index >= 15 is 0 Å². The number of benzene rings is 1. The Labute approximate surface area is 216 Å². The van der Waals surface area contributed by atoms with Crippen LogP contribution in [-0.2, 0) is 18.3 Å². The lowest BCUT2D eigenvalue weighted by atomic mass is 10.1. The lowest BCUT2D eigenvalue weighted by molar-refractivity contribution is -0.119. The molecule has 0 spiro atoms. The number of nitrogens with one attached hydrogen (secondary N) is 2. The molecule has 3 aromatic heterocycles. The number of aromatic amines is 1. The van der Waals surface area contributed by atoms with E-state index in [4.69, 9.17) is 0 Å². The van der Waals surface area contributed by atoms with Crippen molar-refractivity contribution in [3.8, 4) is 11.8 Å². The zero-order valence-electron chi connectivity index (χ0n) is 19.9. The number of imidazole rings is 1. The summed E-state index contributed by atoms with van der Waals surface area (Å²) in [6, 6.07) is 9.10. The Bertz CT molecular complexity index is 1490. The summed E-state index contributed by atoms with van der Waals surface area (Å²) in [6.45, 7) is 2.01. The van der Waals surface area contributed by atoms with Crippen LogP contribution in [0.2, 0.25) is 0 Å². The van der Waals surface area contributed by atoms with E-state index in [9.17, 15) is 9.59 Å². The van der Waals surface area contributed by atoms with Crippen LogP contribution in [0.4, 0.5) is 5.00 Å². The van der Waals surface area contributed by atoms with E-state index in [-0.39, 0.29) is 11.7 Å². The second-order valence-corrected chi connectivity index (χ2v) is 10.4. The maximum Gasteiger partial charge on any atom is 0.289 e. The fourth-order valence-electron chi connectivity index (χ4n) is 3.76. The van der Waals surface area contributed by atoms with Gasteiger partial charge in [-0.3, -0.25) is 9.59 Å². The minimum atomic E-state index is -0.696. The molecule has 182 valence electrons. The number of carbonyl (C=O) groups excluding carboxylic acids is 2. The van der Waals surface area contributed by atoms with Crippen LogP contribution in [0, 0.1) is 18.8 Å². The van der Waals surface area contributed by atoms with Crippen LogP contribution in [0.1, 0.15) is 38.1 Å². The zero-order valence-corrected chi connectivity index (χ0v) is 21.5. The number of anilines is 1. The first-order chi connectivity index (χ1) is 17.4. The number of thiophene rings is 1. The minimum absolute atomic E-state index is 0.0873. The molecule has 0 aliphatic carbocycles. The summed E-state index contributed by atoms with van der Waals surface area (Å²) in [5.74, 6) is 6.79. The van der Waals surface area contributed by atoms with Gasteiger partial charge in [0.2, 0.25) is 5.82 Å². The molecule has 1 atom stereocenters. The van der Waals surface area contributed by atoms with Crippen molar-refractivity contribution in [3.63, 3.8) is 0 Å². The van der Waals surface area contributed by atoms with Crippen molar-refractivity contribution in [2.75, 3.05) is 17.7 Å². The minimum Gasteiger partial charge on any atom is -0.337 e. The summed E-state index contributed by atoms with van der Waals surface area (Å²) in [7, 11) is 3.62. The fourth-order valence-corrected chi connectivity index (χ4v) is 6.29. The van der Waals surface area contributed by atoms with Gasteiger partial charge in [0.1, 0.15) is 22.6 Å². The standard InChI is InChI=1S/C25H23N7O2S2/c1-15-19(10-9-17-12-26-14-31(17)2)36-25-21(15)35-13-18(24(34)32(25)3)27-23(33)22-28-20(29-30-22)11-16-7-5-4-6-8-16/h4-8,12,14,18H,11,13H2,1-3H3,(H,27,33)(H,28,29,30)/t18-/m0/s1. The normalized spacial score (nSPS) is 15.1. The molecule has 0 fully saturated rings. The highest BCUT2D eigenvalue weighted by atomic mass is 32.2. The fraction of sp³-hybridized carbons (Fsp3) is 0.240. The second kappa shape index (κ2) is 10.0. The average molecular weight is 518 g/mol. The van der Waals surface area contributed by atoms with Crippen molar-refractivity contribution in [2.45, 2.75) is 24.3 Å². The predicted octanol–water partition coefficient (Wildman–Crippen LogP) is 2.77. The van der Waals surface area contributed by atoms with E-state index in [0.717, 1.165) is 31.6 Å². The van der Waals surface area contributed by atoms with Gasteiger partial charge >= 0.3 is 0 Å². The van der Waals surface area contributed by atoms with Crippen LogP contribution in [0.25, 0.3) is 0 Å². The molecule has 4 heterocycles. The van der Waals surface area contributed by atoms with Crippen molar-refractivity contribution in [3.05, 3.63) is 76.2 Å². The molecule has 0 bridgehead atoms. The number of nitrogens with zero attached hydrogens (tertiary/aromatic N) is 5. The van der Waals surface area contributed by atoms with E-state index in [1.165, 1.54) is 11.3 Å². The summed E-state index contributed by atoms with van der Waals surface area (Å²) in [5.41, 5.74) is 2.91. The highest BCUT2D eigenvalue weighted by molar-refractivity contribution is 7.99. The Balaban J connectivity index is 1.29. The van der Waals surface area contributed by atoms with E-state index < -0.39 is 11.9 Å². The summed E-state index contributed by atoms with van der Waals surface area (Å²) < 4.78 is 1.86. The molecule has 5 rings (SSSR count). The first-order valence-electron chi connectivity index (χ1n) is 11.2. The molecule has 36 heavy (non-hydrogen) atoms. The predicted molar refractivity (Wildman–Crippen MR) is 139 cm³/mol. The van der Waals surface area contributed by atoms with Crippen LogP contribution in [0.5, 0.6) is 0 Å². The van der Waals surface area contributed by atoms with Crippen molar-refractivity contribution in [2.24, 2.45) is 7.05 Å². The van der Waals surface area contributed by atoms with Crippen LogP contribution in [0.15, 0.2) is 47.8 Å². The molecule has 2 amide bonds. The average Bonchev–Trinajstić information content (AvgIpc) is 3.57. The molecule has 11 heteroatoms. The van der Waals surface area contributed by atoms with Crippen LogP contribution in [0.3, 0.4) is 0 Å². The molecule has 0 saturated carbocycles. The number of thioether (sulfide) groups is 1. The van der Waals surface area contributed by atoms with Crippen LogP contribution in [-0.4, -0.2) is 55.4 Å². The zero-order chi connectivity index (χ0) is 25.2. The molecular weight excluding hydrogens is 494 g/mol. The van der Waals surface area contributed by atoms with Crippen molar-refractivity contribution in [1.29, 1.82) is 0 Å². The first kappa shape index (κ1) is 23.8. The van der Waals surface area contributed by atoms with Gasteiger partial charge in [-0.15, -0.1) is 33.3 Å². The Kier molecular flexibility index (Phi) is 6.63. The van der Waals surface area contributed by atoms with E-state index in [0.29, 0.717) is 18.0 Å². The Morgan fingerprint density at radius 2 is 2.03 bits per heavy atom. The number of fused-ring (bicyclic) bond motifs is 1. The Hall–Kier alpha value is -3.88. The van der Waals surface area contributed by atoms with E-state index in [1.807, 2.05) is 48.9 Å². The molecule has 9 nitrogen and oxygen atoms in total. The maximum absolute atomic E-state index is 13.2. The molecule has 1 aromatic carbocycles. The summed E-state index contributed by atoms with van der Waals surface area (Å²) >= 11 is 3.02. The van der Waals surface area contributed by atoms with Crippen molar-refractivity contribution in [1.82, 2.24) is 30.0 Å². The number of H-pyrrole nitrogens is 1. The highest BCUT2D eigenvalue weighted by Gasteiger charge is 2.33. The molecule has 0 unspecified atom stereocenters. The van der Waals surface area contributed by atoms with E-state index in [2.05, 4.69) is 37.3 Å². The first-order valence-corrected chi connectivity index (χ1v) is 13.0. The summed E-state index contributed by atoms with van der Waals surface area (Å²) in [5, 5.41) is 11.7. The number of hydrogen-bond donors (Lipinski definition) is 2. The van der Waals surface area contributed by atoms with Gasteiger partial charge in [0, 0.05) is 31.2 Å². The van der Waals surface area contributed by atoms with Gasteiger partial charge in [-0.2, -0.15) is 0 Å². The third-order valence-electron chi connectivity index (χ3n) is 5.79. The van der Waals surface area contributed by atoms with Crippen LogP contribution < -0.4 is 10.2 Å². The molecule has 1 aliphatic heterocycles. The summed E-state index contributed by atoms with van der Waals surface area (Å²) in [6.07, 6.45) is 3.96. The van der Waals surface area contributed by atoms with Gasteiger partial charge in [-0.25, -0.2) is 4.98 Å². The lowest BCUT2D eigenvalue weighted by Crippen LogP contribution is -2.48. The number of likely N-dealkylation sites (N-methyl/N-ethyl adjacent to an activating group) is 1. The van der Waals surface area contributed by atoms with Crippen molar-refractivity contribution < 1.29 is 9.59 Å². The van der Waals surface area contributed by atoms with Gasteiger partial charge < -0.3 is 19.8 Å². The van der Waals surface area contributed by atoms with Crippen molar-refractivity contribution >= 4 is 39.9 Å². The molecule has 2 N–H and O–H groups in total. The highest BCUT2D eigenvalue weighted by Crippen LogP contribution is 2.43. The van der Waals surface area contributed by atoms with Gasteiger partial charge in [0.25, 0.3) is 11.8 Å². The molecule has 1 aliphatic rings. The Morgan fingerprint density at radius 3 is 2.78 bits per heavy atom. The third-order valence-corrected chi connectivity index (χ3v) is 8.49. The third kappa shape index (κ3) is 4.78. The smallest absolute Gasteiger partial charge is 0.289 e. The largest absolute Gasteiger partial charge is 0.337 e.